The van der Waals surface area contributed by atoms with Crippen LogP contribution in [-0.2, 0) is 0 Å². The van der Waals surface area contributed by atoms with Gasteiger partial charge in [0.15, 0.2) is 10.7 Å². The van der Waals surface area contributed by atoms with Crippen LogP contribution in [0.2, 0.25) is 0 Å². The van der Waals surface area contributed by atoms with Gasteiger partial charge in [-0.15, -0.1) is 0 Å². The molecule has 0 aliphatic carbocycles. The largest absolute Gasteiger partial charge is 0.448 e. The Labute approximate surface area is 95.2 Å². The van der Waals surface area contributed by atoms with Gasteiger partial charge in [-0.2, -0.15) is 0 Å². The minimum atomic E-state index is 0.527. The Morgan fingerprint density at radius 1 is 1.43 bits per heavy atom. The van der Waals surface area contributed by atoms with Crippen LogP contribution in [0.3, 0.4) is 0 Å². The van der Waals surface area contributed by atoms with Gasteiger partial charge in [0.25, 0.3) is 0 Å². The first-order chi connectivity index (χ1) is 6.65. The number of hydrogen-bond acceptors (Lipinski definition) is 3. The molecular formula is C10H10BrNOS. The van der Waals surface area contributed by atoms with Gasteiger partial charge >= 0.3 is 0 Å². The number of thioether (sulfide) groups is 1. The maximum Gasteiger partial charge on any atom is 0.163 e. The van der Waals surface area contributed by atoms with Crippen LogP contribution in [0.15, 0.2) is 32.3 Å². The number of hydrogen-bond donors (Lipinski definition) is 0. The van der Waals surface area contributed by atoms with Crippen LogP contribution in [0.1, 0.15) is 13.8 Å². The fourth-order valence-corrected chi connectivity index (χ4v) is 2.25. The highest BCUT2D eigenvalue weighted by molar-refractivity contribution is 9.10. The van der Waals surface area contributed by atoms with Gasteiger partial charge in [-0.3, -0.25) is 4.98 Å². The van der Waals surface area contributed by atoms with Crippen LogP contribution in [0.4, 0.5) is 0 Å². The predicted octanol–water partition coefficient (Wildman–Crippen LogP) is 4.09. The summed E-state index contributed by atoms with van der Waals surface area (Å²) in [6, 6.07) is 3.92. The highest BCUT2D eigenvalue weighted by atomic mass is 79.9. The summed E-state index contributed by atoms with van der Waals surface area (Å²) in [5, 5.41) is 1.46. The van der Waals surface area contributed by atoms with Crippen molar-refractivity contribution in [3.8, 4) is 0 Å². The van der Waals surface area contributed by atoms with E-state index < -0.39 is 0 Å². The lowest BCUT2D eigenvalue weighted by Gasteiger charge is -1.97. The van der Waals surface area contributed by atoms with Crippen molar-refractivity contribution in [2.45, 2.75) is 24.2 Å². The van der Waals surface area contributed by atoms with E-state index in [1.807, 2.05) is 12.1 Å². The SMILES string of the molecule is CC(C)Sc1cc2ncc(Br)cc2o1. The Hall–Kier alpha value is -0.480. The maximum absolute atomic E-state index is 5.63. The Kier molecular flexibility index (Phi) is 2.83. The minimum absolute atomic E-state index is 0.527. The monoisotopic (exact) mass is 271 g/mol. The molecule has 0 unspecified atom stereocenters. The molecule has 2 aromatic heterocycles. The molecule has 2 aromatic rings. The highest BCUT2D eigenvalue weighted by Gasteiger charge is 2.07. The molecule has 2 heterocycles. The van der Waals surface area contributed by atoms with Crippen LogP contribution in [0, 0.1) is 0 Å². The molecule has 74 valence electrons. The molecule has 0 spiro atoms. The summed E-state index contributed by atoms with van der Waals surface area (Å²) in [7, 11) is 0. The zero-order valence-corrected chi connectivity index (χ0v) is 10.4. The topological polar surface area (TPSA) is 26.0 Å². The van der Waals surface area contributed by atoms with Gasteiger partial charge in [-0.05, 0) is 22.0 Å². The lowest BCUT2D eigenvalue weighted by atomic mass is 10.4. The van der Waals surface area contributed by atoms with Crippen molar-refractivity contribution in [3.05, 3.63) is 22.8 Å². The number of nitrogens with zero attached hydrogens (tertiary/aromatic N) is 1. The number of furan rings is 1. The summed E-state index contributed by atoms with van der Waals surface area (Å²) < 4.78 is 6.57. The van der Waals surface area contributed by atoms with Gasteiger partial charge in [-0.25, -0.2) is 0 Å². The summed E-state index contributed by atoms with van der Waals surface area (Å²) in [4.78, 5) is 4.25. The lowest BCUT2D eigenvalue weighted by Crippen LogP contribution is -1.82. The van der Waals surface area contributed by atoms with Crippen LogP contribution in [0.25, 0.3) is 11.1 Å². The molecule has 0 aliphatic heterocycles. The van der Waals surface area contributed by atoms with Crippen molar-refractivity contribution in [2.75, 3.05) is 0 Å². The second kappa shape index (κ2) is 3.95. The normalized spacial score (nSPS) is 11.4. The van der Waals surface area contributed by atoms with Crippen LogP contribution in [0.5, 0.6) is 0 Å². The van der Waals surface area contributed by atoms with E-state index in [-0.39, 0.29) is 0 Å². The smallest absolute Gasteiger partial charge is 0.163 e. The average Bonchev–Trinajstić information content (AvgIpc) is 2.44. The predicted molar refractivity (Wildman–Crippen MR) is 62.7 cm³/mol. The zero-order chi connectivity index (χ0) is 10.1. The molecule has 0 saturated heterocycles. The van der Waals surface area contributed by atoms with Crippen LogP contribution in [-0.4, -0.2) is 10.2 Å². The zero-order valence-electron chi connectivity index (χ0n) is 7.95. The van der Waals surface area contributed by atoms with E-state index in [0.29, 0.717) is 5.25 Å². The molecule has 0 radical (unpaired) electrons. The van der Waals surface area contributed by atoms with E-state index in [2.05, 4.69) is 34.8 Å². The van der Waals surface area contributed by atoms with Crippen molar-refractivity contribution in [2.24, 2.45) is 0 Å². The summed E-state index contributed by atoms with van der Waals surface area (Å²) in [5.74, 6) is 0. The van der Waals surface area contributed by atoms with E-state index in [4.69, 9.17) is 4.42 Å². The molecule has 4 heteroatoms. The molecule has 2 rings (SSSR count). The van der Waals surface area contributed by atoms with E-state index in [1.54, 1.807) is 18.0 Å². The van der Waals surface area contributed by atoms with Gasteiger partial charge in [-0.1, -0.05) is 25.6 Å². The third kappa shape index (κ3) is 2.12. The van der Waals surface area contributed by atoms with Gasteiger partial charge in [0.05, 0.1) is 0 Å². The van der Waals surface area contributed by atoms with Crippen molar-refractivity contribution < 1.29 is 4.42 Å². The standard InChI is InChI=1S/C10H10BrNOS/c1-6(2)14-10-4-8-9(13-10)3-7(11)5-12-8/h3-6H,1-2H3. The van der Waals surface area contributed by atoms with Crippen molar-refractivity contribution >= 4 is 38.8 Å². The number of halogens is 1. The highest BCUT2D eigenvalue weighted by Crippen LogP contribution is 2.29. The second-order valence-corrected chi connectivity index (χ2v) is 5.77. The number of aromatic nitrogens is 1. The summed E-state index contributed by atoms with van der Waals surface area (Å²) in [5.41, 5.74) is 1.75. The van der Waals surface area contributed by atoms with E-state index >= 15 is 0 Å². The van der Waals surface area contributed by atoms with Crippen molar-refractivity contribution in [1.82, 2.24) is 4.98 Å². The minimum Gasteiger partial charge on any atom is -0.448 e. The number of rotatable bonds is 2. The molecule has 14 heavy (non-hydrogen) atoms. The van der Waals surface area contributed by atoms with E-state index in [0.717, 1.165) is 20.7 Å². The molecular weight excluding hydrogens is 262 g/mol. The molecule has 0 bridgehead atoms. The fraction of sp³-hybridized carbons (Fsp3) is 0.300. The molecule has 0 atom stereocenters. The Balaban J connectivity index is 2.41. The van der Waals surface area contributed by atoms with Crippen LogP contribution < -0.4 is 0 Å². The van der Waals surface area contributed by atoms with Gasteiger partial charge in [0, 0.05) is 22.0 Å². The number of fused-ring (bicyclic) bond motifs is 1. The lowest BCUT2D eigenvalue weighted by molar-refractivity contribution is 0.514. The molecule has 0 N–H and O–H groups in total. The average molecular weight is 272 g/mol. The van der Waals surface area contributed by atoms with E-state index in [1.165, 1.54) is 0 Å². The first-order valence-electron chi connectivity index (χ1n) is 4.37. The number of pyridine rings is 1. The summed E-state index contributed by atoms with van der Waals surface area (Å²) in [6.45, 7) is 4.28. The van der Waals surface area contributed by atoms with Crippen molar-refractivity contribution in [3.63, 3.8) is 0 Å². The summed E-state index contributed by atoms with van der Waals surface area (Å²) in [6.07, 6.45) is 1.78. The Morgan fingerprint density at radius 3 is 2.93 bits per heavy atom. The Morgan fingerprint density at radius 2 is 2.21 bits per heavy atom. The third-order valence-corrected chi connectivity index (χ3v) is 3.00. The van der Waals surface area contributed by atoms with Gasteiger partial charge in [0.1, 0.15) is 5.52 Å². The maximum atomic E-state index is 5.63. The molecule has 0 aromatic carbocycles. The second-order valence-electron chi connectivity index (χ2n) is 3.27. The third-order valence-electron chi connectivity index (χ3n) is 1.67. The van der Waals surface area contributed by atoms with Gasteiger partial charge in [0.2, 0.25) is 0 Å². The first-order valence-corrected chi connectivity index (χ1v) is 6.04. The molecule has 0 aliphatic rings. The molecule has 0 fully saturated rings. The van der Waals surface area contributed by atoms with E-state index in [9.17, 15) is 0 Å². The van der Waals surface area contributed by atoms with Gasteiger partial charge < -0.3 is 4.42 Å². The fourth-order valence-electron chi connectivity index (χ4n) is 1.16. The first kappa shape index (κ1) is 10.1. The Bertz CT molecular complexity index is 452. The van der Waals surface area contributed by atoms with Crippen molar-refractivity contribution in [1.29, 1.82) is 0 Å². The quantitative estimate of drug-likeness (QED) is 0.770. The van der Waals surface area contributed by atoms with Crippen LogP contribution >= 0.6 is 27.7 Å². The molecule has 0 saturated carbocycles. The molecule has 2 nitrogen and oxygen atoms in total. The molecule has 0 amide bonds. The summed E-state index contributed by atoms with van der Waals surface area (Å²) >= 11 is 5.07.